The van der Waals surface area contributed by atoms with Gasteiger partial charge in [-0.1, -0.05) is 91.0 Å². The fourth-order valence-electron chi connectivity index (χ4n) is 4.94. The fourth-order valence-corrected chi connectivity index (χ4v) is 4.94. The normalized spacial score (nSPS) is 11.5. The summed E-state index contributed by atoms with van der Waals surface area (Å²) >= 11 is 0. The summed E-state index contributed by atoms with van der Waals surface area (Å²) in [5, 5.41) is 10.8. The van der Waals surface area contributed by atoms with E-state index in [-0.39, 0.29) is 0 Å². The van der Waals surface area contributed by atoms with Crippen LogP contribution in [0.4, 0.5) is 11.4 Å². The van der Waals surface area contributed by atoms with E-state index in [1.807, 2.05) is 12.1 Å². The van der Waals surface area contributed by atoms with Crippen molar-refractivity contribution < 1.29 is 4.42 Å². The Kier molecular flexibility index (Phi) is 4.18. The highest BCUT2D eigenvalue weighted by Gasteiger charge is 2.15. The fraction of sp³-hybridized carbons (Fsp3) is 0. The van der Waals surface area contributed by atoms with E-state index in [1.54, 1.807) is 0 Å². The standard InChI is InChI=1S/C32H21NO/c1-2-8-23-19-24(14-13-21(23)7-1)22-15-17-26(18-16-22)33-29-20-25-9-3-4-10-27(25)31-28-11-5-6-12-30(28)34-32(29)31/h1-20,33H. The second-order valence-corrected chi connectivity index (χ2v) is 8.71. The Balaban J connectivity index is 1.31. The van der Waals surface area contributed by atoms with Gasteiger partial charge in [-0.05, 0) is 63.0 Å². The Labute approximate surface area is 197 Å². The molecule has 0 atom stereocenters. The zero-order valence-corrected chi connectivity index (χ0v) is 18.5. The van der Waals surface area contributed by atoms with Crippen molar-refractivity contribution in [2.45, 2.75) is 0 Å². The molecule has 0 fully saturated rings. The molecule has 1 aromatic heterocycles. The van der Waals surface area contributed by atoms with Gasteiger partial charge in [-0.25, -0.2) is 0 Å². The minimum atomic E-state index is 0.888. The summed E-state index contributed by atoms with van der Waals surface area (Å²) in [7, 11) is 0. The molecule has 6 aromatic carbocycles. The molecule has 0 amide bonds. The molecule has 160 valence electrons. The number of hydrogen-bond acceptors (Lipinski definition) is 2. The average molecular weight is 436 g/mol. The van der Waals surface area contributed by atoms with Gasteiger partial charge in [0.05, 0.1) is 5.69 Å². The van der Waals surface area contributed by atoms with Crippen molar-refractivity contribution in [3.63, 3.8) is 0 Å². The van der Waals surface area contributed by atoms with Crippen LogP contribution in [0.2, 0.25) is 0 Å². The van der Waals surface area contributed by atoms with Crippen LogP contribution in [0.1, 0.15) is 0 Å². The van der Waals surface area contributed by atoms with Gasteiger partial charge in [-0.3, -0.25) is 0 Å². The van der Waals surface area contributed by atoms with E-state index in [0.717, 1.165) is 33.3 Å². The lowest BCUT2D eigenvalue weighted by atomic mass is 10.0. The summed E-state index contributed by atoms with van der Waals surface area (Å²) in [6.07, 6.45) is 0. The van der Waals surface area contributed by atoms with Gasteiger partial charge in [-0.15, -0.1) is 0 Å². The SMILES string of the molecule is c1ccc2cc(-c3ccc(Nc4cc5ccccc5c5c4oc4ccccc45)cc3)ccc2c1. The van der Waals surface area contributed by atoms with Gasteiger partial charge in [0.25, 0.3) is 0 Å². The molecule has 0 bridgehead atoms. The number of anilines is 2. The predicted molar refractivity (Wildman–Crippen MR) is 144 cm³/mol. The maximum atomic E-state index is 6.34. The predicted octanol–water partition coefficient (Wildman–Crippen LogP) is 9.30. The third-order valence-electron chi connectivity index (χ3n) is 6.62. The third-order valence-corrected chi connectivity index (χ3v) is 6.62. The number of para-hydroxylation sites is 1. The molecular weight excluding hydrogens is 414 g/mol. The lowest BCUT2D eigenvalue weighted by Gasteiger charge is -2.11. The highest BCUT2D eigenvalue weighted by atomic mass is 16.3. The highest BCUT2D eigenvalue weighted by molar-refractivity contribution is 6.22. The van der Waals surface area contributed by atoms with Crippen molar-refractivity contribution in [2.75, 3.05) is 5.32 Å². The molecule has 0 unspecified atom stereocenters. The molecule has 34 heavy (non-hydrogen) atoms. The Morgan fingerprint density at radius 3 is 2.03 bits per heavy atom. The van der Waals surface area contributed by atoms with Crippen molar-refractivity contribution in [3.05, 3.63) is 121 Å². The van der Waals surface area contributed by atoms with Gasteiger partial charge < -0.3 is 9.73 Å². The zero-order valence-electron chi connectivity index (χ0n) is 18.5. The smallest absolute Gasteiger partial charge is 0.159 e. The highest BCUT2D eigenvalue weighted by Crippen LogP contribution is 2.40. The molecule has 7 rings (SSSR count). The Morgan fingerprint density at radius 1 is 0.500 bits per heavy atom. The first kappa shape index (κ1) is 19.0. The van der Waals surface area contributed by atoms with E-state index in [2.05, 4.69) is 115 Å². The number of fused-ring (bicyclic) bond motifs is 6. The van der Waals surface area contributed by atoms with Gasteiger partial charge >= 0.3 is 0 Å². The van der Waals surface area contributed by atoms with E-state index in [1.165, 1.54) is 32.7 Å². The van der Waals surface area contributed by atoms with Gasteiger partial charge in [0.15, 0.2) is 5.58 Å². The molecule has 0 aliphatic rings. The molecule has 0 aliphatic carbocycles. The monoisotopic (exact) mass is 435 g/mol. The Bertz CT molecular complexity index is 1830. The molecule has 0 saturated heterocycles. The molecule has 0 radical (unpaired) electrons. The second kappa shape index (κ2) is 7.50. The van der Waals surface area contributed by atoms with Gasteiger partial charge in [0.1, 0.15) is 5.58 Å². The van der Waals surface area contributed by atoms with Gasteiger partial charge in [0.2, 0.25) is 0 Å². The van der Waals surface area contributed by atoms with Gasteiger partial charge in [0, 0.05) is 16.5 Å². The lowest BCUT2D eigenvalue weighted by Crippen LogP contribution is -1.91. The van der Waals surface area contributed by atoms with Crippen molar-refractivity contribution in [3.8, 4) is 11.1 Å². The van der Waals surface area contributed by atoms with Crippen molar-refractivity contribution in [1.82, 2.24) is 0 Å². The molecule has 1 N–H and O–H groups in total. The summed E-state index contributed by atoms with van der Waals surface area (Å²) in [4.78, 5) is 0. The lowest BCUT2D eigenvalue weighted by molar-refractivity contribution is 0.670. The van der Waals surface area contributed by atoms with E-state index in [4.69, 9.17) is 4.42 Å². The zero-order chi connectivity index (χ0) is 22.5. The van der Waals surface area contributed by atoms with E-state index in [9.17, 15) is 0 Å². The first-order valence-electron chi connectivity index (χ1n) is 11.5. The molecular formula is C32H21NO. The molecule has 0 saturated carbocycles. The molecule has 2 heteroatoms. The Hall–Kier alpha value is -4.56. The van der Waals surface area contributed by atoms with E-state index < -0.39 is 0 Å². The summed E-state index contributed by atoms with van der Waals surface area (Å²) in [5.41, 5.74) is 6.21. The first-order chi connectivity index (χ1) is 16.8. The van der Waals surface area contributed by atoms with Crippen LogP contribution in [0.3, 0.4) is 0 Å². The number of benzene rings is 6. The minimum absolute atomic E-state index is 0.888. The minimum Gasteiger partial charge on any atom is -0.454 e. The number of rotatable bonds is 3. The van der Waals surface area contributed by atoms with Crippen LogP contribution in [0, 0.1) is 0 Å². The summed E-state index contributed by atoms with van der Waals surface area (Å²) in [5.74, 6) is 0. The van der Waals surface area contributed by atoms with Crippen LogP contribution in [0.5, 0.6) is 0 Å². The summed E-state index contributed by atoms with van der Waals surface area (Å²) in [6, 6.07) is 42.6. The van der Waals surface area contributed by atoms with Gasteiger partial charge in [-0.2, -0.15) is 0 Å². The largest absolute Gasteiger partial charge is 0.454 e. The van der Waals surface area contributed by atoms with Crippen LogP contribution in [0.25, 0.3) is 54.6 Å². The molecule has 0 spiro atoms. The molecule has 7 aromatic rings. The Morgan fingerprint density at radius 2 is 1.18 bits per heavy atom. The average Bonchev–Trinajstić information content (AvgIpc) is 3.29. The number of nitrogens with one attached hydrogen (secondary N) is 1. The van der Waals surface area contributed by atoms with Crippen LogP contribution in [-0.2, 0) is 0 Å². The number of hydrogen-bond donors (Lipinski definition) is 1. The maximum absolute atomic E-state index is 6.34. The maximum Gasteiger partial charge on any atom is 0.159 e. The summed E-state index contributed by atoms with van der Waals surface area (Å²) < 4.78 is 6.34. The summed E-state index contributed by atoms with van der Waals surface area (Å²) in [6.45, 7) is 0. The van der Waals surface area contributed by atoms with Crippen LogP contribution in [-0.4, -0.2) is 0 Å². The van der Waals surface area contributed by atoms with Crippen LogP contribution >= 0.6 is 0 Å². The van der Waals surface area contributed by atoms with Crippen LogP contribution in [0.15, 0.2) is 126 Å². The number of furan rings is 1. The van der Waals surface area contributed by atoms with Crippen molar-refractivity contribution in [1.29, 1.82) is 0 Å². The molecule has 0 aliphatic heterocycles. The van der Waals surface area contributed by atoms with E-state index >= 15 is 0 Å². The third kappa shape index (κ3) is 3.04. The topological polar surface area (TPSA) is 25.2 Å². The second-order valence-electron chi connectivity index (χ2n) is 8.71. The molecule has 2 nitrogen and oxygen atoms in total. The van der Waals surface area contributed by atoms with Crippen LogP contribution < -0.4 is 5.32 Å². The van der Waals surface area contributed by atoms with E-state index in [0.29, 0.717) is 0 Å². The quantitative estimate of drug-likeness (QED) is 0.299. The first-order valence-corrected chi connectivity index (χ1v) is 11.5. The molecule has 1 heterocycles. The van der Waals surface area contributed by atoms with Crippen molar-refractivity contribution >= 4 is 54.9 Å². The van der Waals surface area contributed by atoms with Crippen molar-refractivity contribution in [2.24, 2.45) is 0 Å².